The highest BCUT2D eigenvalue weighted by atomic mass is 32.2. The summed E-state index contributed by atoms with van der Waals surface area (Å²) in [6.45, 7) is 0. The van der Waals surface area contributed by atoms with Crippen LogP contribution in [-0.4, -0.2) is 15.7 Å². The van der Waals surface area contributed by atoms with Crippen LogP contribution in [0.15, 0.2) is 6.33 Å². The topological polar surface area (TPSA) is 49.6 Å². The van der Waals surface area contributed by atoms with E-state index < -0.39 is 0 Å². The number of thioether (sulfide) groups is 1. The minimum Gasteiger partial charge on any atom is -0.241 e. The molecule has 0 aromatic carbocycles. The van der Waals surface area contributed by atoms with Gasteiger partial charge in [-0.1, -0.05) is 0 Å². The molecule has 0 fully saturated rings. The van der Waals surface area contributed by atoms with E-state index >= 15 is 0 Å². The van der Waals surface area contributed by atoms with E-state index in [0.717, 1.165) is 29.3 Å². The fourth-order valence-corrected chi connectivity index (χ4v) is 2.46. The average molecular weight is 191 g/mol. The number of fused-ring (bicyclic) bond motifs is 1. The van der Waals surface area contributed by atoms with Gasteiger partial charge in [-0.05, 0) is 12.2 Å². The summed E-state index contributed by atoms with van der Waals surface area (Å²) in [4.78, 5) is 8.36. The van der Waals surface area contributed by atoms with E-state index in [1.54, 1.807) is 6.33 Å². The number of aromatic nitrogens is 2. The Kier molecular flexibility index (Phi) is 2.46. The standard InChI is InChI=1S/C9H9N3S/c10-3-1-8-7-5-13-4-2-9(7)12-6-11-8/h6H,1-2,4-5H2. The molecule has 1 aliphatic rings. The lowest BCUT2D eigenvalue weighted by Gasteiger charge is -2.15. The molecular formula is C9H9N3S. The molecule has 1 aliphatic heterocycles. The van der Waals surface area contributed by atoms with E-state index in [9.17, 15) is 0 Å². The van der Waals surface area contributed by atoms with Gasteiger partial charge in [0.1, 0.15) is 6.33 Å². The van der Waals surface area contributed by atoms with Crippen molar-refractivity contribution < 1.29 is 0 Å². The quantitative estimate of drug-likeness (QED) is 0.672. The van der Waals surface area contributed by atoms with Gasteiger partial charge in [0.15, 0.2) is 0 Å². The predicted octanol–water partition coefficient (Wildman–Crippen LogP) is 1.33. The van der Waals surface area contributed by atoms with Crippen molar-refractivity contribution in [2.24, 2.45) is 0 Å². The first-order valence-corrected chi connectivity index (χ1v) is 5.33. The summed E-state index contributed by atoms with van der Waals surface area (Å²) in [7, 11) is 0. The molecule has 0 radical (unpaired) electrons. The lowest BCUT2D eigenvalue weighted by molar-refractivity contribution is 0.911. The Balaban J connectivity index is 2.41. The van der Waals surface area contributed by atoms with Crippen LogP contribution in [0.1, 0.15) is 17.0 Å². The van der Waals surface area contributed by atoms with Gasteiger partial charge in [-0.25, -0.2) is 9.97 Å². The van der Waals surface area contributed by atoms with Crippen LogP contribution in [0.25, 0.3) is 0 Å². The van der Waals surface area contributed by atoms with E-state index in [2.05, 4.69) is 16.0 Å². The molecule has 0 amide bonds. The SMILES string of the molecule is N#CCc1ncnc2c1CSCC2. The Bertz CT molecular complexity index is 356. The van der Waals surface area contributed by atoms with Gasteiger partial charge in [-0.3, -0.25) is 0 Å². The summed E-state index contributed by atoms with van der Waals surface area (Å²) in [5.41, 5.74) is 3.25. The van der Waals surface area contributed by atoms with Gasteiger partial charge in [-0.2, -0.15) is 17.0 Å². The van der Waals surface area contributed by atoms with Crippen LogP contribution in [-0.2, 0) is 18.6 Å². The van der Waals surface area contributed by atoms with Gasteiger partial charge in [-0.15, -0.1) is 0 Å². The van der Waals surface area contributed by atoms with E-state index in [4.69, 9.17) is 5.26 Å². The van der Waals surface area contributed by atoms with Gasteiger partial charge in [0.05, 0.1) is 18.2 Å². The smallest absolute Gasteiger partial charge is 0.115 e. The van der Waals surface area contributed by atoms with Gasteiger partial charge in [0.2, 0.25) is 0 Å². The van der Waals surface area contributed by atoms with Crippen LogP contribution in [0.3, 0.4) is 0 Å². The van der Waals surface area contributed by atoms with Crippen LogP contribution in [0, 0.1) is 11.3 Å². The zero-order chi connectivity index (χ0) is 9.10. The van der Waals surface area contributed by atoms with Gasteiger partial charge in [0.25, 0.3) is 0 Å². The Morgan fingerprint density at radius 3 is 3.31 bits per heavy atom. The average Bonchev–Trinajstić information content (AvgIpc) is 2.19. The van der Waals surface area contributed by atoms with Gasteiger partial charge < -0.3 is 0 Å². The van der Waals surface area contributed by atoms with Crippen molar-refractivity contribution in [1.82, 2.24) is 9.97 Å². The maximum absolute atomic E-state index is 8.60. The van der Waals surface area contributed by atoms with Crippen molar-refractivity contribution in [3.63, 3.8) is 0 Å². The Labute approximate surface area is 81.2 Å². The lowest BCUT2D eigenvalue weighted by atomic mass is 10.1. The molecule has 13 heavy (non-hydrogen) atoms. The molecule has 2 rings (SSSR count). The van der Waals surface area contributed by atoms with Crippen LogP contribution in [0.2, 0.25) is 0 Å². The van der Waals surface area contributed by atoms with Crippen molar-refractivity contribution >= 4 is 11.8 Å². The molecule has 0 aliphatic carbocycles. The van der Waals surface area contributed by atoms with Crippen molar-refractivity contribution in [2.75, 3.05) is 5.75 Å². The number of aryl methyl sites for hydroxylation is 1. The summed E-state index contributed by atoms with van der Waals surface area (Å²) in [5.74, 6) is 2.10. The second kappa shape index (κ2) is 3.75. The monoisotopic (exact) mass is 191 g/mol. The summed E-state index contributed by atoms with van der Waals surface area (Å²) in [6.07, 6.45) is 2.99. The number of hydrogen-bond acceptors (Lipinski definition) is 4. The van der Waals surface area contributed by atoms with Crippen LogP contribution in [0.5, 0.6) is 0 Å². The molecule has 0 atom stereocenters. The Morgan fingerprint density at radius 2 is 2.46 bits per heavy atom. The summed E-state index contributed by atoms with van der Waals surface area (Å²) >= 11 is 1.89. The molecule has 0 N–H and O–H groups in total. The highest BCUT2D eigenvalue weighted by Gasteiger charge is 2.14. The molecule has 0 saturated carbocycles. The number of nitriles is 1. The normalized spacial score (nSPS) is 14.7. The molecule has 1 aromatic rings. The van der Waals surface area contributed by atoms with E-state index in [-0.39, 0.29) is 0 Å². The van der Waals surface area contributed by atoms with Crippen LogP contribution < -0.4 is 0 Å². The molecule has 0 spiro atoms. The maximum atomic E-state index is 8.60. The molecule has 1 aromatic heterocycles. The fourth-order valence-electron chi connectivity index (χ4n) is 1.44. The largest absolute Gasteiger partial charge is 0.241 e. The summed E-state index contributed by atoms with van der Waals surface area (Å²) in [6, 6.07) is 2.13. The van der Waals surface area contributed by atoms with Gasteiger partial charge >= 0.3 is 0 Å². The summed E-state index contributed by atoms with van der Waals surface area (Å²) in [5, 5.41) is 8.60. The Hall–Kier alpha value is -1.08. The highest BCUT2D eigenvalue weighted by molar-refractivity contribution is 7.98. The minimum atomic E-state index is 0.408. The second-order valence-corrected chi connectivity index (χ2v) is 3.99. The highest BCUT2D eigenvalue weighted by Crippen LogP contribution is 2.24. The zero-order valence-corrected chi connectivity index (χ0v) is 7.97. The molecule has 66 valence electrons. The first-order chi connectivity index (χ1) is 6.42. The molecule has 0 unspecified atom stereocenters. The van der Waals surface area contributed by atoms with Crippen molar-refractivity contribution in [3.8, 4) is 6.07 Å². The van der Waals surface area contributed by atoms with Crippen LogP contribution in [0.4, 0.5) is 0 Å². The van der Waals surface area contributed by atoms with Gasteiger partial charge in [0, 0.05) is 17.0 Å². The van der Waals surface area contributed by atoms with E-state index in [1.165, 1.54) is 5.56 Å². The van der Waals surface area contributed by atoms with Crippen molar-refractivity contribution in [1.29, 1.82) is 5.26 Å². The summed E-state index contributed by atoms with van der Waals surface area (Å²) < 4.78 is 0. The number of hydrogen-bond donors (Lipinski definition) is 0. The number of nitrogens with zero attached hydrogens (tertiary/aromatic N) is 3. The van der Waals surface area contributed by atoms with E-state index in [0.29, 0.717) is 6.42 Å². The Morgan fingerprint density at radius 1 is 1.54 bits per heavy atom. The third kappa shape index (κ3) is 1.65. The molecule has 0 saturated heterocycles. The molecular weight excluding hydrogens is 182 g/mol. The molecule has 3 nitrogen and oxygen atoms in total. The second-order valence-electron chi connectivity index (χ2n) is 2.88. The minimum absolute atomic E-state index is 0.408. The third-order valence-corrected chi connectivity index (χ3v) is 3.09. The first-order valence-electron chi connectivity index (χ1n) is 4.18. The predicted molar refractivity (Wildman–Crippen MR) is 51.2 cm³/mol. The molecule has 2 heterocycles. The third-order valence-electron chi connectivity index (χ3n) is 2.10. The van der Waals surface area contributed by atoms with Crippen molar-refractivity contribution in [2.45, 2.75) is 18.6 Å². The first kappa shape index (κ1) is 8.52. The zero-order valence-electron chi connectivity index (χ0n) is 7.16. The van der Waals surface area contributed by atoms with E-state index in [1.807, 2.05) is 11.8 Å². The molecule has 4 heteroatoms. The van der Waals surface area contributed by atoms with Crippen LogP contribution >= 0.6 is 11.8 Å². The maximum Gasteiger partial charge on any atom is 0.115 e. The lowest BCUT2D eigenvalue weighted by Crippen LogP contribution is -2.09. The molecule has 0 bridgehead atoms. The fraction of sp³-hybridized carbons (Fsp3) is 0.444. The van der Waals surface area contributed by atoms with Crippen molar-refractivity contribution in [3.05, 3.63) is 23.3 Å². The number of rotatable bonds is 1.